The van der Waals surface area contributed by atoms with Crippen LogP contribution >= 0.6 is 0 Å². The SMILES string of the molecule is CC1(C)CN(C(=O)[C@@H]2CC=C[C@@H](NC(=O)OCC3c4ccccc4-c4ccccc43)C2)C1C(=O)O. The maximum atomic E-state index is 13.0. The molecule has 7 heteroatoms. The molecule has 1 fully saturated rings. The van der Waals surface area contributed by atoms with Gasteiger partial charge in [-0.15, -0.1) is 0 Å². The van der Waals surface area contributed by atoms with E-state index < -0.39 is 23.5 Å². The maximum Gasteiger partial charge on any atom is 0.407 e. The summed E-state index contributed by atoms with van der Waals surface area (Å²) in [6.07, 6.45) is 4.18. The van der Waals surface area contributed by atoms with Crippen molar-refractivity contribution in [2.45, 2.75) is 44.7 Å². The number of aliphatic carboxylic acids is 1. The Bertz CT molecular complexity index is 1160. The third-order valence-electron chi connectivity index (χ3n) is 7.47. The minimum Gasteiger partial charge on any atom is -0.480 e. The molecule has 2 amide bonds. The van der Waals surface area contributed by atoms with Gasteiger partial charge in [-0.1, -0.05) is 74.5 Å². The number of hydrogen-bond acceptors (Lipinski definition) is 4. The number of hydrogen-bond donors (Lipinski definition) is 2. The lowest BCUT2D eigenvalue weighted by atomic mass is 9.73. The molecule has 0 spiro atoms. The van der Waals surface area contributed by atoms with Crippen molar-refractivity contribution in [2.24, 2.45) is 11.3 Å². The summed E-state index contributed by atoms with van der Waals surface area (Å²) in [5, 5.41) is 12.4. The number of likely N-dealkylation sites (tertiary alicyclic amines) is 1. The Hall–Kier alpha value is -3.61. The Morgan fingerprint density at radius 3 is 2.29 bits per heavy atom. The fourth-order valence-corrected chi connectivity index (χ4v) is 5.82. The van der Waals surface area contributed by atoms with Gasteiger partial charge >= 0.3 is 12.1 Å². The molecule has 7 nitrogen and oxygen atoms in total. The molecular formula is C28H30N2O5. The first-order chi connectivity index (χ1) is 16.8. The number of amides is 2. The molecule has 1 unspecified atom stereocenters. The first-order valence-electron chi connectivity index (χ1n) is 12.1. The summed E-state index contributed by atoms with van der Waals surface area (Å²) in [6.45, 7) is 4.37. The van der Waals surface area contributed by atoms with Crippen LogP contribution in [0.4, 0.5) is 4.79 Å². The Kier molecular flexibility index (Phi) is 5.87. The predicted molar refractivity (Wildman–Crippen MR) is 131 cm³/mol. The van der Waals surface area contributed by atoms with Crippen LogP contribution in [0, 0.1) is 11.3 Å². The zero-order chi connectivity index (χ0) is 24.7. The molecule has 3 atom stereocenters. The van der Waals surface area contributed by atoms with E-state index in [1.165, 1.54) is 16.0 Å². The second-order valence-corrected chi connectivity index (χ2v) is 10.4. The Labute approximate surface area is 204 Å². The average molecular weight is 475 g/mol. The van der Waals surface area contributed by atoms with Crippen LogP contribution in [0.15, 0.2) is 60.7 Å². The van der Waals surface area contributed by atoms with Gasteiger partial charge in [0.05, 0.1) is 6.04 Å². The molecule has 35 heavy (non-hydrogen) atoms. The molecule has 0 radical (unpaired) electrons. The van der Waals surface area contributed by atoms with Crippen LogP contribution in [0.2, 0.25) is 0 Å². The molecule has 2 aliphatic carbocycles. The quantitative estimate of drug-likeness (QED) is 0.634. The molecule has 3 aliphatic rings. The largest absolute Gasteiger partial charge is 0.480 e. The van der Waals surface area contributed by atoms with Crippen LogP contribution in [-0.4, -0.2) is 53.2 Å². The highest BCUT2D eigenvalue weighted by Gasteiger charge is 2.53. The normalized spacial score (nSPS) is 24.2. The highest BCUT2D eigenvalue weighted by Crippen LogP contribution is 2.44. The molecule has 2 N–H and O–H groups in total. The molecule has 0 bridgehead atoms. The summed E-state index contributed by atoms with van der Waals surface area (Å²) >= 11 is 0. The smallest absolute Gasteiger partial charge is 0.407 e. The summed E-state index contributed by atoms with van der Waals surface area (Å²) in [6, 6.07) is 15.2. The summed E-state index contributed by atoms with van der Waals surface area (Å²) < 4.78 is 5.64. The van der Waals surface area contributed by atoms with Crippen molar-refractivity contribution >= 4 is 18.0 Å². The maximum absolute atomic E-state index is 13.0. The third-order valence-corrected chi connectivity index (χ3v) is 7.47. The van der Waals surface area contributed by atoms with Gasteiger partial charge < -0.3 is 20.1 Å². The van der Waals surface area contributed by atoms with E-state index >= 15 is 0 Å². The number of nitrogens with one attached hydrogen (secondary N) is 1. The fourth-order valence-electron chi connectivity index (χ4n) is 5.82. The van der Waals surface area contributed by atoms with Crippen molar-refractivity contribution in [3.63, 3.8) is 0 Å². The fraction of sp³-hybridized carbons (Fsp3) is 0.393. The summed E-state index contributed by atoms with van der Waals surface area (Å²) in [4.78, 5) is 38.8. The lowest BCUT2D eigenvalue weighted by Crippen LogP contribution is -2.68. The molecule has 1 heterocycles. The van der Waals surface area contributed by atoms with E-state index in [-0.39, 0.29) is 30.4 Å². The standard InChI is InChI=1S/C28H30N2O5/c1-28(2)16-30(24(28)26(32)33)25(31)17-8-7-9-18(14-17)29-27(34)35-15-23-21-12-5-3-10-19(21)20-11-4-6-13-22(20)23/h3-7,9-13,17-18,23-24H,8,14-16H2,1-2H3,(H,29,34)(H,32,33)/t17-,18-,24?/m1/s1. The van der Waals surface area contributed by atoms with Crippen LogP contribution in [0.25, 0.3) is 11.1 Å². The van der Waals surface area contributed by atoms with E-state index in [0.717, 1.165) is 11.1 Å². The van der Waals surface area contributed by atoms with E-state index in [9.17, 15) is 19.5 Å². The zero-order valence-corrected chi connectivity index (χ0v) is 19.9. The highest BCUT2D eigenvalue weighted by atomic mass is 16.5. The van der Waals surface area contributed by atoms with Crippen molar-refractivity contribution in [1.29, 1.82) is 0 Å². The molecule has 5 rings (SSSR count). The lowest BCUT2D eigenvalue weighted by molar-refractivity contribution is -0.174. The first-order valence-corrected chi connectivity index (χ1v) is 12.1. The van der Waals surface area contributed by atoms with Crippen LogP contribution < -0.4 is 5.32 Å². The second-order valence-electron chi connectivity index (χ2n) is 10.4. The van der Waals surface area contributed by atoms with E-state index in [2.05, 4.69) is 29.6 Å². The van der Waals surface area contributed by atoms with Gasteiger partial charge in [0.2, 0.25) is 5.91 Å². The number of fused-ring (bicyclic) bond motifs is 3. The van der Waals surface area contributed by atoms with Crippen LogP contribution in [0.3, 0.4) is 0 Å². The highest BCUT2D eigenvalue weighted by molar-refractivity contribution is 5.88. The van der Waals surface area contributed by atoms with Crippen molar-refractivity contribution in [3.8, 4) is 11.1 Å². The molecule has 2 aromatic carbocycles. The number of benzene rings is 2. The van der Waals surface area contributed by atoms with Gasteiger partial charge in [-0.05, 0) is 35.1 Å². The average Bonchev–Trinajstić information content (AvgIpc) is 3.14. The summed E-state index contributed by atoms with van der Waals surface area (Å²) in [7, 11) is 0. The van der Waals surface area contributed by atoms with E-state index in [4.69, 9.17) is 4.74 Å². The van der Waals surface area contributed by atoms with E-state index in [0.29, 0.717) is 19.4 Å². The Morgan fingerprint density at radius 1 is 1.06 bits per heavy atom. The molecule has 1 aliphatic heterocycles. The topological polar surface area (TPSA) is 95.9 Å². The molecule has 2 aromatic rings. The van der Waals surface area contributed by atoms with Crippen molar-refractivity contribution in [1.82, 2.24) is 10.2 Å². The number of carbonyl (C=O) groups excluding carboxylic acids is 2. The molecule has 1 saturated heterocycles. The molecular weight excluding hydrogens is 444 g/mol. The summed E-state index contributed by atoms with van der Waals surface area (Å²) in [5.74, 6) is -1.53. The van der Waals surface area contributed by atoms with Gasteiger partial charge in [0.1, 0.15) is 12.6 Å². The molecule has 182 valence electrons. The number of carboxylic acids is 1. The number of rotatable bonds is 5. The van der Waals surface area contributed by atoms with Crippen LogP contribution in [-0.2, 0) is 14.3 Å². The predicted octanol–water partition coefficient (Wildman–Crippen LogP) is 4.18. The number of carbonyl (C=O) groups is 3. The van der Waals surface area contributed by atoms with Crippen LogP contribution in [0.1, 0.15) is 43.7 Å². The lowest BCUT2D eigenvalue weighted by Gasteiger charge is -2.52. The number of ether oxygens (including phenoxy) is 1. The Balaban J connectivity index is 1.19. The van der Waals surface area contributed by atoms with Gasteiger partial charge in [-0.2, -0.15) is 0 Å². The molecule has 0 aromatic heterocycles. The van der Waals surface area contributed by atoms with E-state index in [1.807, 2.05) is 50.3 Å². The van der Waals surface area contributed by atoms with E-state index in [1.54, 1.807) is 0 Å². The van der Waals surface area contributed by atoms with Crippen molar-refractivity contribution < 1.29 is 24.2 Å². The minimum absolute atomic E-state index is 0.0212. The second kappa shape index (κ2) is 8.87. The number of alkyl carbamates (subject to hydrolysis) is 1. The van der Waals surface area contributed by atoms with Crippen molar-refractivity contribution in [2.75, 3.05) is 13.2 Å². The monoisotopic (exact) mass is 474 g/mol. The molecule has 0 saturated carbocycles. The van der Waals surface area contributed by atoms with Gasteiger partial charge in [-0.3, -0.25) is 4.79 Å². The van der Waals surface area contributed by atoms with Gasteiger partial charge in [-0.25, -0.2) is 9.59 Å². The first kappa shape index (κ1) is 23.1. The number of allylic oxidation sites excluding steroid dienone is 1. The summed E-state index contributed by atoms with van der Waals surface area (Å²) in [5.41, 5.74) is 4.20. The number of carboxylic acid groups (broad SMARTS) is 1. The minimum atomic E-state index is -0.978. The van der Waals surface area contributed by atoms with Gasteiger partial charge in [0.25, 0.3) is 0 Å². The van der Waals surface area contributed by atoms with Gasteiger partial charge in [0.15, 0.2) is 0 Å². The van der Waals surface area contributed by atoms with Crippen molar-refractivity contribution in [3.05, 3.63) is 71.8 Å². The third kappa shape index (κ3) is 4.20. The Morgan fingerprint density at radius 2 is 1.69 bits per heavy atom. The van der Waals surface area contributed by atoms with Gasteiger partial charge in [0, 0.05) is 23.8 Å². The van der Waals surface area contributed by atoms with Crippen LogP contribution in [0.5, 0.6) is 0 Å². The zero-order valence-electron chi connectivity index (χ0n) is 19.9. The number of nitrogens with zero attached hydrogens (tertiary/aromatic N) is 1.